The van der Waals surface area contributed by atoms with Gasteiger partial charge in [-0.2, -0.15) is 0 Å². The molecule has 0 atom stereocenters. The smallest absolute Gasteiger partial charge is 0.307 e. The highest BCUT2D eigenvalue weighted by atomic mass is 32.1. The molecule has 0 unspecified atom stereocenters. The molecule has 1 amide bonds. The van der Waals surface area contributed by atoms with Gasteiger partial charge in [-0.05, 0) is 37.3 Å². The summed E-state index contributed by atoms with van der Waals surface area (Å²) in [5, 5.41) is 4.66. The molecule has 4 nitrogen and oxygen atoms in total. The summed E-state index contributed by atoms with van der Waals surface area (Å²) >= 11 is 1.15. The summed E-state index contributed by atoms with van der Waals surface area (Å²) in [5.41, 5.74) is 3.35. The van der Waals surface area contributed by atoms with Crippen LogP contribution in [-0.2, 0) is 11.3 Å². The summed E-state index contributed by atoms with van der Waals surface area (Å²) in [6.07, 6.45) is 0.247. The second-order valence-corrected chi connectivity index (χ2v) is 6.61. The van der Waals surface area contributed by atoms with Crippen LogP contribution in [-0.4, -0.2) is 10.5 Å². The van der Waals surface area contributed by atoms with E-state index in [-0.39, 0.29) is 17.2 Å². The number of rotatable bonds is 4. The maximum absolute atomic E-state index is 12.2. The van der Waals surface area contributed by atoms with Crippen LogP contribution in [0.25, 0.3) is 0 Å². The molecule has 0 aliphatic carbocycles. The summed E-state index contributed by atoms with van der Waals surface area (Å²) in [6.45, 7) is 2.25. The van der Waals surface area contributed by atoms with Gasteiger partial charge in [0.2, 0.25) is 5.91 Å². The van der Waals surface area contributed by atoms with Gasteiger partial charge in [-0.25, -0.2) is 0 Å². The Balaban J connectivity index is 1.62. The molecule has 2 aromatic carbocycles. The van der Waals surface area contributed by atoms with E-state index in [1.807, 2.05) is 61.5 Å². The molecule has 0 aliphatic rings. The summed E-state index contributed by atoms with van der Waals surface area (Å²) in [5.74, 6) is 6.07. The molecular formula is C21H18N2O2S. The zero-order valence-electron chi connectivity index (χ0n) is 14.4. The number of hydrogen-bond donors (Lipinski definition) is 1. The Hall–Kier alpha value is -3.10. The molecule has 0 spiro atoms. The van der Waals surface area contributed by atoms with Crippen LogP contribution in [0, 0.1) is 18.8 Å². The van der Waals surface area contributed by atoms with E-state index in [1.165, 1.54) is 0 Å². The fourth-order valence-electron chi connectivity index (χ4n) is 2.45. The quantitative estimate of drug-likeness (QED) is 0.721. The molecule has 1 aromatic heterocycles. The van der Waals surface area contributed by atoms with E-state index in [1.54, 1.807) is 9.95 Å². The molecule has 5 heteroatoms. The average molecular weight is 362 g/mol. The third kappa shape index (κ3) is 4.71. The minimum absolute atomic E-state index is 0.0338. The van der Waals surface area contributed by atoms with Crippen molar-refractivity contribution in [2.75, 3.05) is 5.32 Å². The number of aromatic nitrogens is 1. The Kier molecular flexibility index (Phi) is 5.67. The van der Waals surface area contributed by atoms with Gasteiger partial charge in [0.1, 0.15) is 0 Å². The molecule has 130 valence electrons. The van der Waals surface area contributed by atoms with Crippen LogP contribution < -0.4 is 10.2 Å². The van der Waals surface area contributed by atoms with E-state index >= 15 is 0 Å². The van der Waals surface area contributed by atoms with E-state index in [9.17, 15) is 9.59 Å². The normalized spacial score (nSPS) is 10.0. The van der Waals surface area contributed by atoms with Gasteiger partial charge in [-0.15, -0.1) is 0 Å². The third-order valence-corrected chi connectivity index (χ3v) is 4.69. The number of carbonyl (C=O) groups is 1. The minimum atomic E-state index is -0.129. The second-order valence-electron chi connectivity index (χ2n) is 5.79. The number of nitrogens with zero attached hydrogens (tertiary/aromatic N) is 1. The molecule has 0 saturated carbocycles. The Bertz CT molecular complexity index is 1020. The van der Waals surface area contributed by atoms with Crippen molar-refractivity contribution in [2.45, 2.75) is 19.9 Å². The zero-order chi connectivity index (χ0) is 18.4. The standard InChI is InChI=1S/C21H18N2O2S/c1-16-15-26-21(25)23(16)13-12-20(24)22-19-9-5-8-18(14-19)11-10-17-6-3-2-4-7-17/h2-9,14-15H,12-13H2,1H3,(H,22,24). The largest absolute Gasteiger partial charge is 0.326 e. The predicted octanol–water partition coefficient (Wildman–Crippen LogP) is 3.65. The Morgan fingerprint density at radius 2 is 1.81 bits per heavy atom. The lowest BCUT2D eigenvalue weighted by Crippen LogP contribution is -2.20. The van der Waals surface area contributed by atoms with E-state index in [0.29, 0.717) is 12.2 Å². The molecule has 0 radical (unpaired) electrons. The van der Waals surface area contributed by atoms with E-state index in [4.69, 9.17) is 0 Å². The molecule has 1 N–H and O–H groups in total. The lowest BCUT2D eigenvalue weighted by Gasteiger charge is -2.07. The van der Waals surface area contributed by atoms with Crippen LogP contribution in [0.3, 0.4) is 0 Å². The molecule has 3 aromatic rings. The number of thiazole rings is 1. The van der Waals surface area contributed by atoms with E-state index in [0.717, 1.165) is 28.2 Å². The van der Waals surface area contributed by atoms with Gasteiger partial charge < -0.3 is 9.88 Å². The first-order valence-corrected chi connectivity index (χ1v) is 9.12. The minimum Gasteiger partial charge on any atom is -0.326 e. The highest BCUT2D eigenvalue weighted by molar-refractivity contribution is 7.07. The topological polar surface area (TPSA) is 51.1 Å². The highest BCUT2D eigenvalue weighted by Crippen LogP contribution is 2.11. The Morgan fingerprint density at radius 1 is 1.08 bits per heavy atom. The fourth-order valence-corrected chi connectivity index (χ4v) is 3.21. The van der Waals surface area contributed by atoms with Gasteiger partial charge in [-0.1, -0.05) is 47.4 Å². The van der Waals surface area contributed by atoms with Crippen LogP contribution in [0.15, 0.2) is 64.8 Å². The Labute approximate surface area is 156 Å². The fraction of sp³-hybridized carbons (Fsp3) is 0.143. The molecule has 26 heavy (non-hydrogen) atoms. The van der Waals surface area contributed by atoms with Gasteiger partial charge in [0, 0.05) is 40.9 Å². The molecule has 3 rings (SSSR count). The first-order valence-electron chi connectivity index (χ1n) is 8.24. The monoisotopic (exact) mass is 362 g/mol. The first-order chi connectivity index (χ1) is 12.6. The number of hydrogen-bond acceptors (Lipinski definition) is 3. The second kappa shape index (κ2) is 8.32. The zero-order valence-corrected chi connectivity index (χ0v) is 15.2. The van der Waals surface area contributed by atoms with Crippen LogP contribution in [0.5, 0.6) is 0 Å². The maximum Gasteiger partial charge on any atom is 0.307 e. The number of aryl methyl sites for hydroxylation is 1. The van der Waals surface area contributed by atoms with Crippen molar-refractivity contribution in [1.82, 2.24) is 4.57 Å². The van der Waals surface area contributed by atoms with Crippen molar-refractivity contribution in [2.24, 2.45) is 0 Å². The van der Waals surface area contributed by atoms with Crippen molar-refractivity contribution < 1.29 is 4.79 Å². The molecule has 0 saturated heterocycles. The highest BCUT2D eigenvalue weighted by Gasteiger charge is 2.07. The summed E-state index contributed by atoms with van der Waals surface area (Å²) in [6, 6.07) is 17.2. The van der Waals surface area contributed by atoms with E-state index in [2.05, 4.69) is 17.2 Å². The van der Waals surface area contributed by atoms with Crippen LogP contribution in [0.4, 0.5) is 5.69 Å². The summed E-state index contributed by atoms with van der Waals surface area (Å²) < 4.78 is 1.62. The summed E-state index contributed by atoms with van der Waals surface area (Å²) in [4.78, 5) is 23.8. The lowest BCUT2D eigenvalue weighted by atomic mass is 10.1. The molecule has 0 fully saturated rings. The van der Waals surface area contributed by atoms with Crippen LogP contribution in [0.2, 0.25) is 0 Å². The van der Waals surface area contributed by atoms with Crippen molar-refractivity contribution in [1.29, 1.82) is 0 Å². The van der Waals surface area contributed by atoms with E-state index < -0.39 is 0 Å². The lowest BCUT2D eigenvalue weighted by molar-refractivity contribution is -0.116. The molecule has 0 aliphatic heterocycles. The number of nitrogens with one attached hydrogen (secondary N) is 1. The van der Waals surface area contributed by atoms with Crippen LogP contribution in [0.1, 0.15) is 23.2 Å². The summed E-state index contributed by atoms with van der Waals surface area (Å²) in [7, 11) is 0. The maximum atomic E-state index is 12.2. The van der Waals surface area contributed by atoms with Gasteiger partial charge in [0.05, 0.1) is 0 Å². The van der Waals surface area contributed by atoms with Crippen molar-refractivity contribution in [3.63, 3.8) is 0 Å². The van der Waals surface area contributed by atoms with Gasteiger partial charge >= 0.3 is 4.87 Å². The van der Waals surface area contributed by atoms with Gasteiger partial charge in [0.15, 0.2) is 0 Å². The SMILES string of the molecule is Cc1csc(=O)n1CCC(=O)Nc1cccc(C#Cc2ccccc2)c1. The average Bonchev–Trinajstić information content (AvgIpc) is 2.97. The van der Waals surface area contributed by atoms with Gasteiger partial charge in [-0.3, -0.25) is 9.59 Å². The van der Waals surface area contributed by atoms with Crippen molar-refractivity contribution >= 4 is 22.9 Å². The third-order valence-electron chi connectivity index (χ3n) is 3.81. The first kappa shape index (κ1) is 17.7. The van der Waals surface area contributed by atoms with Gasteiger partial charge in [0.25, 0.3) is 0 Å². The Morgan fingerprint density at radius 3 is 2.54 bits per heavy atom. The number of anilines is 1. The number of benzene rings is 2. The molecule has 1 heterocycles. The number of carbonyl (C=O) groups excluding carboxylic acids is 1. The predicted molar refractivity (Wildman–Crippen MR) is 105 cm³/mol. The number of amides is 1. The molecule has 0 bridgehead atoms. The van der Waals surface area contributed by atoms with Crippen LogP contribution >= 0.6 is 11.3 Å². The van der Waals surface area contributed by atoms with Crippen molar-refractivity contribution in [3.8, 4) is 11.8 Å². The molecular weight excluding hydrogens is 344 g/mol. The van der Waals surface area contributed by atoms with Crippen molar-refractivity contribution in [3.05, 3.63) is 86.5 Å².